The summed E-state index contributed by atoms with van der Waals surface area (Å²) in [5.74, 6) is 0. The first-order chi connectivity index (χ1) is 12.6. The van der Waals surface area contributed by atoms with Gasteiger partial charge < -0.3 is 0 Å². The SMILES string of the molecule is C/C(=C(/C)c1c(C)c2ccccc2c2ccccc12)c1ccccc1C. The van der Waals surface area contributed by atoms with E-state index in [0.717, 1.165) is 0 Å². The summed E-state index contributed by atoms with van der Waals surface area (Å²) in [5.41, 5.74) is 8.11. The Morgan fingerprint density at radius 3 is 1.69 bits per heavy atom. The van der Waals surface area contributed by atoms with Gasteiger partial charge in [-0.05, 0) is 82.6 Å². The number of hydrogen-bond donors (Lipinski definition) is 0. The van der Waals surface area contributed by atoms with Crippen LogP contribution in [0.3, 0.4) is 0 Å². The zero-order valence-electron chi connectivity index (χ0n) is 15.9. The number of benzene rings is 4. The first kappa shape index (κ1) is 16.6. The first-order valence-electron chi connectivity index (χ1n) is 9.23. The largest absolute Gasteiger partial charge is 0.0620 e. The maximum absolute atomic E-state index is 2.27. The molecule has 0 aliphatic rings. The maximum atomic E-state index is 2.27. The molecule has 0 bridgehead atoms. The van der Waals surface area contributed by atoms with E-state index in [4.69, 9.17) is 0 Å². The molecule has 0 aliphatic carbocycles. The average Bonchev–Trinajstić information content (AvgIpc) is 2.68. The number of hydrogen-bond acceptors (Lipinski definition) is 0. The molecule has 0 nitrogen and oxygen atoms in total. The molecule has 0 heterocycles. The molecule has 0 heteroatoms. The van der Waals surface area contributed by atoms with Gasteiger partial charge in [0.25, 0.3) is 0 Å². The van der Waals surface area contributed by atoms with Gasteiger partial charge in [-0.3, -0.25) is 0 Å². The van der Waals surface area contributed by atoms with Gasteiger partial charge in [-0.1, -0.05) is 72.8 Å². The molecule has 0 spiro atoms. The van der Waals surface area contributed by atoms with E-state index in [0.29, 0.717) is 0 Å². The Morgan fingerprint density at radius 2 is 1.04 bits per heavy atom. The van der Waals surface area contributed by atoms with Crippen molar-refractivity contribution >= 4 is 32.7 Å². The quantitative estimate of drug-likeness (QED) is 0.262. The maximum Gasteiger partial charge on any atom is -0.00991 e. The monoisotopic (exact) mass is 336 g/mol. The number of aryl methyl sites for hydroxylation is 2. The van der Waals surface area contributed by atoms with Gasteiger partial charge in [0.1, 0.15) is 0 Å². The smallest absolute Gasteiger partial charge is 0.00991 e. The first-order valence-corrected chi connectivity index (χ1v) is 9.23. The lowest BCUT2D eigenvalue weighted by Crippen LogP contribution is -1.95. The van der Waals surface area contributed by atoms with Gasteiger partial charge in [-0.15, -0.1) is 0 Å². The number of rotatable bonds is 2. The number of fused-ring (bicyclic) bond motifs is 3. The van der Waals surface area contributed by atoms with E-state index in [2.05, 4.69) is 100 Å². The summed E-state index contributed by atoms with van der Waals surface area (Å²) in [6.07, 6.45) is 0. The van der Waals surface area contributed by atoms with E-state index >= 15 is 0 Å². The van der Waals surface area contributed by atoms with Crippen LogP contribution in [0.25, 0.3) is 32.7 Å². The Bertz CT molecular complexity index is 1160. The second kappa shape index (κ2) is 6.46. The van der Waals surface area contributed by atoms with Gasteiger partial charge in [-0.2, -0.15) is 0 Å². The van der Waals surface area contributed by atoms with Crippen molar-refractivity contribution in [2.75, 3.05) is 0 Å². The highest BCUT2D eigenvalue weighted by atomic mass is 14.2. The van der Waals surface area contributed by atoms with Gasteiger partial charge in [-0.25, -0.2) is 0 Å². The van der Waals surface area contributed by atoms with Gasteiger partial charge in [0, 0.05) is 0 Å². The van der Waals surface area contributed by atoms with Crippen LogP contribution in [0.4, 0.5) is 0 Å². The molecule has 4 rings (SSSR count). The van der Waals surface area contributed by atoms with Crippen LogP contribution in [0.5, 0.6) is 0 Å². The van der Waals surface area contributed by atoms with Crippen molar-refractivity contribution in [3.05, 3.63) is 95.1 Å². The molecule has 0 unspecified atom stereocenters. The highest BCUT2D eigenvalue weighted by Gasteiger charge is 2.14. The van der Waals surface area contributed by atoms with Crippen molar-refractivity contribution in [3.8, 4) is 0 Å². The van der Waals surface area contributed by atoms with Gasteiger partial charge in [0.2, 0.25) is 0 Å². The summed E-state index contributed by atoms with van der Waals surface area (Å²) in [6, 6.07) is 26.2. The molecule has 4 aromatic carbocycles. The lowest BCUT2D eigenvalue weighted by atomic mass is 9.86. The van der Waals surface area contributed by atoms with E-state index in [1.54, 1.807) is 0 Å². The van der Waals surface area contributed by atoms with E-state index < -0.39 is 0 Å². The minimum atomic E-state index is 1.33. The Hall–Kier alpha value is -2.86. The fourth-order valence-electron chi connectivity index (χ4n) is 4.18. The van der Waals surface area contributed by atoms with Crippen molar-refractivity contribution in [3.63, 3.8) is 0 Å². The van der Waals surface area contributed by atoms with Crippen LogP contribution in [-0.2, 0) is 0 Å². The molecule has 0 aromatic heterocycles. The zero-order valence-corrected chi connectivity index (χ0v) is 15.9. The Balaban J connectivity index is 2.12. The molecule has 0 aliphatic heterocycles. The molecule has 0 N–H and O–H groups in total. The average molecular weight is 336 g/mol. The lowest BCUT2D eigenvalue weighted by Gasteiger charge is -2.18. The van der Waals surface area contributed by atoms with E-state index in [1.807, 2.05) is 0 Å². The molecular weight excluding hydrogens is 312 g/mol. The summed E-state index contributed by atoms with van der Waals surface area (Å²) in [4.78, 5) is 0. The molecule has 128 valence electrons. The fraction of sp³-hybridized carbons (Fsp3) is 0.154. The van der Waals surface area contributed by atoms with E-state index in [1.165, 1.54) is 54.9 Å². The molecular formula is C26H24. The molecule has 0 radical (unpaired) electrons. The standard InChI is InChI=1S/C26H24/c1-17-11-5-6-12-21(17)18(2)19(3)26-20(4)22-13-7-8-14-23(22)24-15-9-10-16-25(24)26/h5-16H,1-4H3/b19-18+. The van der Waals surface area contributed by atoms with Crippen LogP contribution in [0.2, 0.25) is 0 Å². The minimum Gasteiger partial charge on any atom is -0.0620 e. The third kappa shape index (κ3) is 2.54. The van der Waals surface area contributed by atoms with Crippen molar-refractivity contribution in [1.82, 2.24) is 0 Å². The van der Waals surface area contributed by atoms with Crippen LogP contribution >= 0.6 is 0 Å². The van der Waals surface area contributed by atoms with Gasteiger partial charge >= 0.3 is 0 Å². The van der Waals surface area contributed by atoms with Crippen molar-refractivity contribution in [2.45, 2.75) is 27.7 Å². The van der Waals surface area contributed by atoms with Crippen LogP contribution < -0.4 is 0 Å². The molecule has 0 amide bonds. The number of allylic oxidation sites excluding steroid dienone is 2. The summed E-state index contributed by atoms with van der Waals surface area (Å²) >= 11 is 0. The Morgan fingerprint density at radius 1 is 0.538 bits per heavy atom. The molecule has 0 fully saturated rings. The highest BCUT2D eigenvalue weighted by Crippen LogP contribution is 2.38. The summed E-state index contributed by atoms with van der Waals surface area (Å²) in [5, 5.41) is 5.36. The Labute approximate surface area is 155 Å². The van der Waals surface area contributed by atoms with Crippen LogP contribution in [0.15, 0.2) is 72.8 Å². The van der Waals surface area contributed by atoms with Crippen molar-refractivity contribution in [1.29, 1.82) is 0 Å². The molecule has 0 saturated carbocycles. The topological polar surface area (TPSA) is 0 Å². The minimum absolute atomic E-state index is 1.33. The summed E-state index contributed by atoms with van der Waals surface area (Å²) in [6.45, 7) is 8.97. The van der Waals surface area contributed by atoms with Crippen LogP contribution in [-0.4, -0.2) is 0 Å². The molecule has 26 heavy (non-hydrogen) atoms. The third-order valence-electron chi connectivity index (χ3n) is 5.68. The van der Waals surface area contributed by atoms with Crippen molar-refractivity contribution < 1.29 is 0 Å². The van der Waals surface area contributed by atoms with Gasteiger partial charge in [0.15, 0.2) is 0 Å². The Kier molecular flexibility index (Phi) is 4.12. The van der Waals surface area contributed by atoms with E-state index in [-0.39, 0.29) is 0 Å². The third-order valence-corrected chi connectivity index (χ3v) is 5.68. The fourth-order valence-corrected chi connectivity index (χ4v) is 4.18. The lowest BCUT2D eigenvalue weighted by molar-refractivity contribution is 1.40. The second-order valence-electron chi connectivity index (χ2n) is 7.16. The molecule has 4 aromatic rings. The predicted octanol–water partition coefficient (Wildman–Crippen LogP) is 7.56. The van der Waals surface area contributed by atoms with Crippen LogP contribution in [0.1, 0.15) is 36.1 Å². The normalized spacial score (nSPS) is 12.5. The summed E-state index contributed by atoms with van der Waals surface area (Å²) in [7, 11) is 0. The summed E-state index contributed by atoms with van der Waals surface area (Å²) < 4.78 is 0. The van der Waals surface area contributed by atoms with E-state index in [9.17, 15) is 0 Å². The van der Waals surface area contributed by atoms with Crippen LogP contribution in [0, 0.1) is 13.8 Å². The second-order valence-corrected chi connectivity index (χ2v) is 7.16. The highest BCUT2D eigenvalue weighted by molar-refractivity contribution is 6.15. The van der Waals surface area contributed by atoms with Gasteiger partial charge in [0.05, 0.1) is 0 Å². The van der Waals surface area contributed by atoms with Crippen molar-refractivity contribution in [2.24, 2.45) is 0 Å². The molecule has 0 atom stereocenters. The predicted molar refractivity (Wildman–Crippen MR) is 116 cm³/mol. The zero-order chi connectivity index (χ0) is 18.3. The molecule has 0 saturated heterocycles.